The Hall–Kier alpha value is -3.09. The van der Waals surface area contributed by atoms with Crippen molar-refractivity contribution in [1.82, 2.24) is 5.32 Å². The van der Waals surface area contributed by atoms with Gasteiger partial charge in [0.15, 0.2) is 0 Å². The summed E-state index contributed by atoms with van der Waals surface area (Å²) in [5, 5.41) is 12.6. The van der Waals surface area contributed by atoms with Gasteiger partial charge in [0.1, 0.15) is 5.82 Å². The van der Waals surface area contributed by atoms with Crippen molar-refractivity contribution < 1.29 is 18.9 Å². The first-order chi connectivity index (χ1) is 9.97. The van der Waals surface area contributed by atoms with Gasteiger partial charge in [-0.25, -0.2) is 4.39 Å². The molecule has 2 aromatic carbocycles. The number of carbonyl (C=O) groups excluding carboxylic acids is 2. The number of carbonyl (C=O) groups is 2. The van der Waals surface area contributed by atoms with Gasteiger partial charge >= 0.3 is 0 Å². The van der Waals surface area contributed by atoms with Crippen LogP contribution in [0.1, 0.15) is 20.7 Å². The molecule has 6 nitrogen and oxygen atoms in total. The Morgan fingerprint density at radius 1 is 0.905 bits per heavy atom. The summed E-state index contributed by atoms with van der Waals surface area (Å²) in [7, 11) is 0. The fraction of sp³-hybridized carbons (Fsp3) is 0. The molecule has 0 aliphatic heterocycles. The molecule has 1 N–H and O–H groups in total. The van der Waals surface area contributed by atoms with Gasteiger partial charge in [-0.2, -0.15) is 0 Å². The van der Waals surface area contributed by atoms with Crippen LogP contribution in [-0.2, 0) is 0 Å². The number of benzene rings is 2. The number of hydrogen-bond donors (Lipinski definition) is 1. The number of nitrogens with one attached hydrogen (secondary N) is 1. The van der Waals surface area contributed by atoms with E-state index in [-0.39, 0.29) is 16.8 Å². The molecule has 21 heavy (non-hydrogen) atoms. The number of nitro groups is 1. The summed E-state index contributed by atoms with van der Waals surface area (Å²) < 4.78 is 12.7. The summed E-state index contributed by atoms with van der Waals surface area (Å²) in [6.45, 7) is 0. The first-order valence-corrected chi connectivity index (χ1v) is 5.83. The van der Waals surface area contributed by atoms with Crippen LogP contribution in [0, 0.1) is 15.9 Å². The lowest BCUT2D eigenvalue weighted by atomic mass is 10.1. The molecule has 0 heterocycles. The minimum atomic E-state index is -0.695. The number of nitro benzene ring substituents is 1. The van der Waals surface area contributed by atoms with Gasteiger partial charge in [0.05, 0.1) is 4.92 Å². The zero-order chi connectivity index (χ0) is 15.4. The second-order valence-corrected chi connectivity index (χ2v) is 4.09. The van der Waals surface area contributed by atoms with E-state index in [1.807, 2.05) is 0 Å². The first-order valence-electron chi connectivity index (χ1n) is 5.83. The molecule has 0 unspecified atom stereocenters. The van der Waals surface area contributed by atoms with Gasteiger partial charge < -0.3 is 0 Å². The second-order valence-electron chi connectivity index (χ2n) is 4.09. The molecule has 106 valence electrons. The summed E-state index contributed by atoms with van der Waals surface area (Å²) in [6.07, 6.45) is 0. The van der Waals surface area contributed by atoms with Crippen LogP contribution >= 0.6 is 0 Å². The van der Waals surface area contributed by atoms with E-state index < -0.39 is 22.6 Å². The lowest BCUT2D eigenvalue weighted by Crippen LogP contribution is -2.30. The summed E-state index contributed by atoms with van der Waals surface area (Å²) in [6, 6.07) is 9.50. The number of amides is 2. The lowest BCUT2D eigenvalue weighted by molar-refractivity contribution is -0.384. The highest BCUT2D eigenvalue weighted by molar-refractivity contribution is 6.10. The van der Waals surface area contributed by atoms with Gasteiger partial charge in [-0.15, -0.1) is 0 Å². The maximum absolute atomic E-state index is 12.7. The third kappa shape index (κ3) is 3.47. The van der Waals surface area contributed by atoms with Crippen LogP contribution in [0.4, 0.5) is 10.1 Å². The van der Waals surface area contributed by atoms with Crippen LogP contribution in [0.25, 0.3) is 0 Å². The van der Waals surface area contributed by atoms with Crippen molar-refractivity contribution in [2.45, 2.75) is 0 Å². The summed E-state index contributed by atoms with van der Waals surface area (Å²) >= 11 is 0. The summed E-state index contributed by atoms with van der Waals surface area (Å²) in [5.74, 6) is -1.87. The zero-order valence-electron chi connectivity index (χ0n) is 10.6. The number of halogens is 1. The number of rotatable bonds is 3. The van der Waals surface area contributed by atoms with Crippen LogP contribution in [0.2, 0.25) is 0 Å². The molecule has 0 spiro atoms. The predicted octanol–water partition coefficient (Wildman–Crippen LogP) is 2.30. The van der Waals surface area contributed by atoms with E-state index in [0.29, 0.717) is 0 Å². The van der Waals surface area contributed by atoms with Crippen molar-refractivity contribution in [1.29, 1.82) is 0 Å². The number of non-ortho nitro benzene ring substituents is 1. The van der Waals surface area contributed by atoms with E-state index in [0.717, 1.165) is 24.3 Å². The number of imide groups is 1. The minimum absolute atomic E-state index is 0.107. The van der Waals surface area contributed by atoms with Crippen LogP contribution in [-0.4, -0.2) is 16.7 Å². The molecule has 2 amide bonds. The molecule has 7 heteroatoms. The van der Waals surface area contributed by atoms with Gasteiger partial charge in [0, 0.05) is 23.3 Å². The predicted molar refractivity (Wildman–Crippen MR) is 71.3 cm³/mol. The second kappa shape index (κ2) is 5.91. The van der Waals surface area contributed by atoms with E-state index >= 15 is 0 Å². The Balaban J connectivity index is 2.08. The average Bonchev–Trinajstić information content (AvgIpc) is 2.47. The van der Waals surface area contributed by atoms with Crippen LogP contribution in [0.15, 0.2) is 48.5 Å². The standard InChI is InChI=1S/C14H9FN2O4/c15-11-5-1-9(2-6-11)13(18)16-14(19)10-3-7-12(8-4-10)17(20)21/h1-8H,(H,16,18,19). The SMILES string of the molecule is O=C(NC(=O)c1ccc([N+](=O)[O-])cc1)c1ccc(F)cc1. The third-order valence-electron chi connectivity index (χ3n) is 2.67. The van der Waals surface area contributed by atoms with Gasteiger partial charge in [0.25, 0.3) is 17.5 Å². The molecule has 0 aliphatic carbocycles. The van der Waals surface area contributed by atoms with Crippen molar-refractivity contribution in [3.8, 4) is 0 Å². The van der Waals surface area contributed by atoms with Gasteiger partial charge in [0.2, 0.25) is 0 Å². The molecular weight excluding hydrogens is 279 g/mol. The van der Waals surface area contributed by atoms with E-state index in [4.69, 9.17) is 0 Å². The Labute approximate surface area is 118 Å². The first kappa shape index (κ1) is 14.3. The Morgan fingerprint density at radius 3 is 1.76 bits per heavy atom. The third-order valence-corrected chi connectivity index (χ3v) is 2.67. The van der Waals surface area contributed by atoms with Gasteiger partial charge in [-0.3, -0.25) is 25.0 Å². The molecule has 0 saturated heterocycles. The molecule has 0 aliphatic rings. The Kier molecular flexibility index (Phi) is 4.03. The molecule has 0 fully saturated rings. The molecule has 0 saturated carbocycles. The topological polar surface area (TPSA) is 89.3 Å². The molecule has 0 atom stereocenters. The van der Waals surface area contributed by atoms with Crippen molar-refractivity contribution in [2.24, 2.45) is 0 Å². The van der Waals surface area contributed by atoms with Crippen molar-refractivity contribution in [2.75, 3.05) is 0 Å². The van der Waals surface area contributed by atoms with E-state index in [2.05, 4.69) is 5.32 Å². The highest BCUT2D eigenvalue weighted by Gasteiger charge is 2.13. The zero-order valence-corrected chi connectivity index (χ0v) is 10.6. The normalized spacial score (nSPS) is 9.95. The maximum Gasteiger partial charge on any atom is 0.269 e. The van der Waals surface area contributed by atoms with Crippen LogP contribution in [0.5, 0.6) is 0 Å². The van der Waals surface area contributed by atoms with Crippen LogP contribution in [0.3, 0.4) is 0 Å². The van der Waals surface area contributed by atoms with Crippen molar-refractivity contribution >= 4 is 17.5 Å². The van der Waals surface area contributed by atoms with Gasteiger partial charge in [-0.05, 0) is 36.4 Å². The monoisotopic (exact) mass is 288 g/mol. The molecule has 0 aromatic heterocycles. The highest BCUT2D eigenvalue weighted by Crippen LogP contribution is 2.12. The fourth-order valence-electron chi connectivity index (χ4n) is 1.58. The number of nitrogens with zero attached hydrogens (tertiary/aromatic N) is 1. The van der Waals surface area contributed by atoms with E-state index in [1.54, 1.807) is 0 Å². The summed E-state index contributed by atoms with van der Waals surface area (Å²) in [5.41, 5.74) is 0.0825. The quantitative estimate of drug-likeness (QED) is 0.533. The van der Waals surface area contributed by atoms with Crippen LogP contribution < -0.4 is 5.32 Å². The Bertz CT molecular complexity index is 696. The van der Waals surface area contributed by atoms with E-state index in [1.165, 1.54) is 24.3 Å². The number of hydrogen-bond acceptors (Lipinski definition) is 4. The highest BCUT2D eigenvalue weighted by atomic mass is 19.1. The average molecular weight is 288 g/mol. The molecular formula is C14H9FN2O4. The fourth-order valence-corrected chi connectivity index (χ4v) is 1.58. The summed E-state index contributed by atoms with van der Waals surface area (Å²) in [4.78, 5) is 33.5. The van der Waals surface area contributed by atoms with Gasteiger partial charge in [-0.1, -0.05) is 0 Å². The van der Waals surface area contributed by atoms with Crippen molar-refractivity contribution in [3.63, 3.8) is 0 Å². The smallest absolute Gasteiger partial charge is 0.269 e. The molecule has 0 bridgehead atoms. The Morgan fingerprint density at radius 2 is 1.33 bits per heavy atom. The molecule has 2 rings (SSSR count). The largest absolute Gasteiger partial charge is 0.288 e. The van der Waals surface area contributed by atoms with E-state index in [9.17, 15) is 24.1 Å². The minimum Gasteiger partial charge on any atom is -0.288 e. The lowest BCUT2D eigenvalue weighted by Gasteiger charge is -2.04. The molecule has 0 radical (unpaired) electrons. The molecule has 2 aromatic rings. The maximum atomic E-state index is 12.7. The van der Waals surface area contributed by atoms with Crippen molar-refractivity contribution in [3.05, 3.63) is 75.6 Å².